The molecule has 1 fully saturated rings. The lowest BCUT2D eigenvalue weighted by atomic mass is 9.86. The molecule has 0 amide bonds. The van der Waals surface area contributed by atoms with Crippen LogP contribution in [0, 0.1) is 11.3 Å². The first-order valence-corrected chi connectivity index (χ1v) is 7.75. The highest BCUT2D eigenvalue weighted by Gasteiger charge is 2.29. The van der Waals surface area contributed by atoms with Crippen LogP contribution >= 0.6 is 0 Å². The second kappa shape index (κ2) is 7.88. The number of rotatable bonds is 4. The Morgan fingerprint density at radius 2 is 1.79 bits per heavy atom. The molecule has 0 aliphatic heterocycles. The average Bonchev–Trinajstić information content (AvgIpc) is 2.30. The molecule has 0 bridgehead atoms. The number of nitrogens with one attached hydrogen (secondary N) is 1. The fourth-order valence-electron chi connectivity index (χ4n) is 2.79. The van der Waals surface area contributed by atoms with Gasteiger partial charge in [-0.25, -0.2) is 0 Å². The van der Waals surface area contributed by atoms with E-state index in [1.807, 2.05) is 0 Å². The van der Waals surface area contributed by atoms with Gasteiger partial charge in [-0.1, -0.05) is 46.5 Å². The molecule has 19 heavy (non-hydrogen) atoms. The van der Waals surface area contributed by atoms with Gasteiger partial charge in [0.2, 0.25) is 0 Å². The van der Waals surface area contributed by atoms with Gasteiger partial charge in [0.25, 0.3) is 0 Å². The Bertz CT molecular complexity index is 270. The molecule has 0 saturated heterocycles. The molecule has 0 unspecified atom stereocenters. The quantitative estimate of drug-likeness (QED) is 0.794. The van der Waals surface area contributed by atoms with Gasteiger partial charge in [0.15, 0.2) is 0 Å². The van der Waals surface area contributed by atoms with Crippen LogP contribution in [0.1, 0.15) is 65.7 Å². The zero-order chi connectivity index (χ0) is 14.3. The van der Waals surface area contributed by atoms with Crippen molar-refractivity contribution < 1.29 is 9.53 Å². The summed E-state index contributed by atoms with van der Waals surface area (Å²) in [5.74, 6) is 0.0143. The molecule has 112 valence electrons. The lowest BCUT2D eigenvalue weighted by Gasteiger charge is -2.29. The van der Waals surface area contributed by atoms with Crippen LogP contribution < -0.4 is 5.32 Å². The van der Waals surface area contributed by atoms with E-state index in [0.717, 1.165) is 32.2 Å². The van der Waals surface area contributed by atoms with E-state index in [-0.39, 0.29) is 11.9 Å². The first-order chi connectivity index (χ1) is 8.94. The Kier molecular flexibility index (Phi) is 6.84. The standard InChI is InChI=1S/C16H31NO2/c1-16(2,3)11-12-17-14-10-8-6-5-7-9-13(14)15(18)19-4/h13-14,17H,5-12H2,1-4H3/t13-,14+/m0/s1. The smallest absolute Gasteiger partial charge is 0.310 e. The van der Waals surface area contributed by atoms with Gasteiger partial charge in [0, 0.05) is 6.04 Å². The number of esters is 1. The molecule has 1 aliphatic carbocycles. The van der Waals surface area contributed by atoms with Crippen LogP contribution in [0.15, 0.2) is 0 Å². The third-order valence-corrected chi connectivity index (χ3v) is 4.05. The van der Waals surface area contributed by atoms with Crippen LogP contribution in [0.2, 0.25) is 0 Å². The van der Waals surface area contributed by atoms with Crippen molar-refractivity contribution in [2.24, 2.45) is 11.3 Å². The minimum absolute atomic E-state index is 0.0323. The normalized spacial score (nSPS) is 25.5. The first-order valence-electron chi connectivity index (χ1n) is 7.75. The van der Waals surface area contributed by atoms with Crippen molar-refractivity contribution in [1.82, 2.24) is 5.32 Å². The van der Waals surface area contributed by atoms with E-state index in [9.17, 15) is 4.79 Å². The summed E-state index contributed by atoms with van der Waals surface area (Å²) < 4.78 is 4.98. The molecule has 0 aromatic heterocycles. The van der Waals surface area contributed by atoms with Crippen molar-refractivity contribution >= 4 is 5.97 Å². The SMILES string of the molecule is COC(=O)[C@H]1CCCCCC[C@H]1NCCC(C)(C)C. The monoisotopic (exact) mass is 269 g/mol. The predicted octanol–water partition coefficient (Wildman–Crippen LogP) is 3.52. The van der Waals surface area contributed by atoms with Gasteiger partial charge in [-0.05, 0) is 31.2 Å². The van der Waals surface area contributed by atoms with Crippen molar-refractivity contribution in [3.05, 3.63) is 0 Å². The minimum atomic E-state index is -0.0323. The van der Waals surface area contributed by atoms with Gasteiger partial charge in [0.1, 0.15) is 0 Å². The Labute approximate surface area is 118 Å². The Hall–Kier alpha value is -0.570. The van der Waals surface area contributed by atoms with E-state index in [1.165, 1.54) is 26.4 Å². The van der Waals surface area contributed by atoms with E-state index in [2.05, 4.69) is 26.1 Å². The molecule has 0 heterocycles. The molecule has 3 heteroatoms. The maximum absolute atomic E-state index is 11.9. The molecule has 0 aromatic carbocycles. The number of carbonyl (C=O) groups is 1. The van der Waals surface area contributed by atoms with Crippen molar-refractivity contribution in [3.8, 4) is 0 Å². The van der Waals surface area contributed by atoms with Crippen molar-refractivity contribution in [1.29, 1.82) is 0 Å². The summed E-state index contributed by atoms with van der Waals surface area (Å²) in [6.45, 7) is 7.75. The molecule has 0 aromatic rings. The van der Waals surface area contributed by atoms with Gasteiger partial charge in [-0.2, -0.15) is 0 Å². The summed E-state index contributed by atoms with van der Waals surface area (Å²) in [5, 5.41) is 3.61. The zero-order valence-electron chi connectivity index (χ0n) is 13.1. The lowest BCUT2D eigenvalue weighted by Crippen LogP contribution is -2.42. The molecule has 0 spiro atoms. The number of methoxy groups -OCH3 is 1. The Morgan fingerprint density at radius 1 is 1.16 bits per heavy atom. The van der Waals surface area contributed by atoms with Crippen LogP contribution in [0.4, 0.5) is 0 Å². The fourth-order valence-corrected chi connectivity index (χ4v) is 2.79. The summed E-state index contributed by atoms with van der Waals surface area (Å²) in [7, 11) is 1.51. The van der Waals surface area contributed by atoms with Crippen LogP contribution in [0.5, 0.6) is 0 Å². The second-order valence-electron chi connectivity index (χ2n) is 6.99. The van der Waals surface area contributed by atoms with Crippen LogP contribution in [-0.4, -0.2) is 25.7 Å². The average molecular weight is 269 g/mol. The van der Waals surface area contributed by atoms with Gasteiger partial charge in [0.05, 0.1) is 13.0 Å². The first kappa shape index (κ1) is 16.5. The topological polar surface area (TPSA) is 38.3 Å². The highest BCUT2D eigenvalue weighted by atomic mass is 16.5. The number of hydrogen-bond acceptors (Lipinski definition) is 3. The molecule has 1 saturated carbocycles. The van der Waals surface area contributed by atoms with Crippen LogP contribution in [0.25, 0.3) is 0 Å². The summed E-state index contributed by atoms with van der Waals surface area (Å²) in [5.41, 5.74) is 0.343. The molecule has 3 nitrogen and oxygen atoms in total. The highest BCUT2D eigenvalue weighted by Crippen LogP contribution is 2.25. The zero-order valence-corrected chi connectivity index (χ0v) is 13.1. The van der Waals surface area contributed by atoms with Crippen molar-refractivity contribution in [3.63, 3.8) is 0 Å². The highest BCUT2D eigenvalue weighted by molar-refractivity contribution is 5.73. The van der Waals surface area contributed by atoms with E-state index < -0.39 is 0 Å². The maximum Gasteiger partial charge on any atom is 0.310 e. The van der Waals surface area contributed by atoms with E-state index in [4.69, 9.17) is 4.74 Å². The molecule has 0 radical (unpaired) electrons. The lowest BCUT2D eigenvalue weighted by molar-refractivity contribution is -0.147. The largest absolute Gasteiger partial charge is 0.469 e. The molecular formula is C16H31NO2. The van der Waals surface area contributed by atoms with E-state index in [0.29, 0.717) is 11.5 Å². The molecule has 1 rings (SSSR count). The molecule has 2 atom stereocenters. The fraction of sp³-hybridized carbons (Fsp3) is 0.938. The van der Waals surface area contributed by atoms with Gasteiger partial charge in [-0.3, -0.25) is 4.79 Å². The maximum atomic E-state index is 11.9. The number of carbonyl (C=O) groups excluding carboxylic acids is 1. The number of hydrogen-bond donors (Lipinski definition) is 1. The molecular weight excluding hydrogens is 238 g/mol. The van der Waals surface area contributed by atoms with Crippen LogP contribution in [0.3, 0.4) is 0 Å². The van der Waals surface area contributed by atoms with Gasteiger partial charge < -0.3 is 10.1 Å². The van der Waals surface area contributed by atoms with E-state index >= 15 is 0 Å². The molecule has 1 N–H and O–H groups in total. The van der Waals surface area contributed by atoms with Gasteiger partial charge >= 0.3 is 5.97 Å². The summed E-state index contributed by atoms with van der Waals surface area (Å²) in [6, 6.07) is 0.301. The third kappa shape index (κ3) is 6.42. The van der Waals surface area contributed by atoms with Crippen molar-refractivity contribution in [2.75, 3.05) is 13.7 Å². The van der Waals surface area contributed by atoms with Gasteiger partial charge in [-0.15, -0.1) is 0 Å². The second-order valence-corrected chi connectivity index (χ2v) is 6.99. The summed E-state index contributed by atoms with van der Waals surface area (Å²) in [4.78, 5) is 11.9. The Morgan fingerprint density at radius 3 is 2.37 bits per heavy atom. The number of ether oxygens (including phenoxy) is 1. The predicted molar refractivity (Wildman–Crippen MR) is 79.1 cm³/mol. The van der Waals surface area contributed by atoms with Crippen LogP contribution in [-0.2, 0) is 9.53 Å². The summed E-state index contributed by atoms with van der Waals surface area (Å²) in [6.07, 6.45) is 8.13. The third-order valence-electron chi connectivity index (χ3n) is 4.05. The molecule has 1 aliphatic rings. The van der Waals surface area contributed by atoms with E-state index in [1.54, 1.807) is 0 Å². The van der Waals surface area contributed by atoms with Crippen molar-refractivity contribution in [2.45, 2.75) is 71.8 Å². The summed E-state index contributed by atoms with van der Waals surface area (Å²) >= 11 is 0. The Balaban J connectivity index is 2.53. The minimum Gasteiger partial charge on any atom is -0.469 e.